The molecule has 1 aromatic heterocycles. The van der Waals surface area contributed by atoms with Crippen molar-refractivity contribution in [1.82, 2.24) is 20.4 Å². The van der Waals surface area contributed by atoms with Gasteiger partial charge in [0.1, 0.15) is 0 Å². The third-order valence-corrected chi connectivity index (χ3v) is 3.63. The molecule has 6 nitrogen and oxygen atoms in total. The molecule has 1 heterocycles. The number of nitrogens with one attached hydrogen (secondary N) is 2. The van der Waals surface area contributed by atoms with Gasteiger partial charge in [-0.05, 0) is 38.8 Å². The number of rotatable bonds is 10. The zero-order valence-electron chi connectivity index (χ0n) is 15.6. The number of para-hydroxylation sites is 1. The fraction of sp³-hybridized carbons (Fsp3) is 0.474. The number of benzene rings is 1. The third kappa shape index (κ3) is 8.18. The number of halogens is 1. The Hall–Kier alpha value is -1.61. The van der Waals surface area contributed by atoms with E-state index in [1.807, 2.05) is 54.3 Å². The van der Waals surface area contributed by atoms with E-state index < -0.39 is 0 Å². The largest absolute Gasteiger partial charge is 0.382 e. The van der Waals surface area contributed by atoms with Gasteiger partial charge in [0.2, 0.25) is 0 Å². The Morgan fingerprint density at radius 2 is 1.96 bits per heavy atom. The summed E-state index contributed by atoms with van der Waals surface area (Å²) in [5, 5.41) is 11.0. The van der Waals surface area contributed by atoms with E-state index in [0.29, 0.717) is 6.54 Å². The standard InChI is InChI=1S/C19H29N5O.HI/c1-3-20-19(21-12-8-9-13-25-4-2)22-14-17-15-23-24(16-17)18-10-6-5-7-11-18;/h5-7,10-11,15-16H,3-4,8-9,12-14H2,1-2H3,(H2,20,21,22);1H. The van der Waals surface area contributed by atoms with Gasteiger partial charge < -0.3 is 15.4 Å². The van der Waals surface area contributed by atoms with Crippen LogP contribution in [0.25, 0.3) is 5.69 Å². The topological polar surface area (TPSA) is 63.5 Å². The number of nitrogens with zero attached hydrogens (tertiary/aromatic N) is 3. The fourth-order valence-electron chi connectivity index (χ4n) is 2.36. The van der Waals surface area contributed by atoms with E-state index in [9.17, 15) is 0 Å². The molecule has 2 N–H and O–H groups in total. The molecular weight excluding hydrogens is 441 g/mol. The summed E-state index contributed by atoms with van der Waals surface area (Å²) in [4.78, 5) is 4.63. The maximum Gasteiger partial charge on any atom is 0.191 e. The van der Waals surface area contributed by atoms with E-state index >= 15 is 0 Å². The second kappa shape index (κ2) is 13.6. The van der Waals surface area contributed by atoms with Crippen molar-refractivity contribution in [3.05, 3.63) is 48.3 Å². The Labute approximate surface area is 173 Å². The highest BCUT2D eigenvalue weighted by Gasteiger charge is 2.01. The van der Waals surface area contributed by atoms with Gasteiger partial charge in [-0.3, -0.25) is 0 Å². The molecule has 0 aliphatic heterocycles. The Bertz CT molecular complexity index is 630. The first-order chi connectivity index (χ1) is 12.3. The molecule has 0 saturated heterocycles. The zero-order chi connectivity index (χ0) is 17.7. The highest BCUT2D eigenvalue weighted by Crippen LogP contribution is 2.08. The monoisotopic (exact) mass is 471 g/mol. The van der Waals surface area contributed by atoms with Crippen LogP contribution in [0.15, 0.2) is 47.7 Å². The van der Waals surface area contributed by atoms with E-state index in [4.69, 9.17) is 4.74 Å². The molecular formula is C19H30IN5O. The van der Waals surface area contributed by atoms with Crippen molar-refractivity contribution in [3.8, 4) is 5.69 Å². The highest BCUT2D eigenvalue weighted by molar-refractivity contribution is 14.0. The first-order valence-electron chi connectivity index (χ1n) is 9.02. The molecule has 0 aliphatic rings. The average Bonchev–Trinajstić information content (AvgIpc) is 3.12. The van der Waals surface area contributed by atoms with Crippen molar-refractivity contribution in [2.45, 2.75) is 33.2 Å². The number of hydrogen-bond acceptors (Lipinski definition) is 3. The minimum Gasteiger partial charge on any atom is -0.382 e. The number of unbranched alkanes of at least 4 members (excludes halogenated alkanes) is 1. The normalized spacial score (nSPS) is 11.1. The van der Waals surface area contributed by atoms with Crippen molar-refractivity contribution in [1.29, 1.82) is 0 Å². The fourth-order valence-corrected chi connectivity index (χ4v) is 2.36. The van der Waals surface area contributed by atoms with Crippen molar-refractivity contribution in [3.63, 3.8) is 0 Å². The maximum atomic E-state index is 5.35. The van der Waals surface area contributed by atoms with Gasteiger partial charge in [-0.25, -0.2) is 9.67 Å². The quantitative estimate of drug-likeness (QED) is 0.242. The average molecular weight is 471 g/mol. The number of guanidine groups is 1. The lowest BCUT2D eigenvalue weighted by Gasteiger charge is -2.10. The van der Waals surface area contributed by atoms with E-state index in [1.165, 1.54) is 0 Å². The maximum absolute atomic E-state index is 5.35. The summed E-state index contributed by atoms with van der Waals surface area (Å²) in [6.07, 6.45) is 6.01. The lowest BCUT2D eigenvalue weighted by Crippen LogP contribution is -2.37. The van der Waals surface area contributed by atoms with E-state index in [0.717, 1.165) is 56.4 Å². The molecule has 2 rings (SSSR count). The van der Waals surface area contributed by atoms with Gasteiger partial charge in [0, 0.05) is 38.1 Å². The third-order valence-electron chi connectivity index (χ3n) is 3.63. The van der Waals surface area contributed by atoms with E-state index in [-0.39, 0.29) is 24.0 Å². The molecule has 1 aromatic carbocycles. The minimum absolute atomic E-state index is 0. The molecule has 144 valence electrons. The van der Waals surface area contributed by atoms with Crippen molar-refractivity contribution in [2.24, 2.45) is 4.99 Å². The first-order valence-corrected chi connectivity index (χ1v) is 9.02. The van der Waals surface area contributed by atoms with Crippen LogP contribution in [-0.4, -0.2) is 42.0 Å². The smallest absolute Gasteiger partial charge is 0.191 e. The lowest BCUT2D eigenvalue weighted by atomic mass is 10.3. The van der Waals surface area contributed by atoms with Crippen molar-refractivity contribution in [2.75, 3.05) is 26.3 Å². The van der Waals surface area contributed by atoms with Gasteiger partial charge in [-0.1, -0.05) is 18.2 Å². The molecule has 0 fully saturated rings. The predicted molar refractivity (Wildman–Crippen MR) is 118 cm³/mol. The van der Waals surface area contributed by atoms with Gasteiger partial charge in [-0.2, -0.15) is 5.10 Å². The first kappa shape index (κ1) is 22.4. The SMILES string of the molecule is CCNC(=NCc1cnn(-c2ccccc2)c1)NCCCCOCC.I. The van der Waals surface area contributed by atoms with Crippen LogP contribution in [0.3, 0.4) is 0 Å². The predicted octanol–water partition coefficient (Wildman–Crippen LogP) is 3.36. The van der Waals surface area contributed by atoms with Crippen LogP contribution in [0.5, 0.6) is 0 Å². The Balaban J connectivity index is 0.00000338. The molecule has 0 amide bonds. The van der Waals surface area contributed by atoms with Crippen LogP contribution in [-0.2, 0) is 11.3 Å². The summed E-state index contributed by atoms with van der Waals surface area (Å²) < 4.78 is 7.22. The van der Waals surface area contributed by atoms with Crippen LogP contribution < -0.4 is 10.6 Å². The number of ether oxygens (including phenoxy) is 1. The zero-order valence-corrected chi connectivity index (χ0v) is 18.0. The minimum atomic E-state index is 0. The summed E-state index contributed by atoms with van der Waals surface area (Å²) in [6.45, 7) is 8.03. The molecule has 0 unspecified atom stereocenters. The van der Waals surface area contributed by atoms with Gasteiger partial charge >= 0.3 is 0 Å². The van der Waals surface area contributed by atoms with Gasteiger partial charge in [0.15, 0.2) is 5.96 Å². The molecule has 2 aromatic rings. The Morgan fingerprint density at radius 1 is 1.15 bits per heavy atom. The van der Waals surface area contributed by atoms with Crippen LogP contribution in [0.1, 0.15) is 32.3 Å². The second-order valence-electron chi connectivity index (χ2n) is 5.65. The Kier molecular flexibility index (Phi) is 11.7. The van der Waals surface area contributed by atoms with Crippen molar-refractivity contribution < 1.29 is 4.74 Å². The molecule has 0 saturated carbocycles. The highest BCUT2D eigenvalue weighted by atomic mass is 127. The number of hydrogen-bond donors (Lipinski definition) is 2. The van der Waals surface area contributed by atoms with Crippen LogP contribution >= 0.6 is 24.0 Å². The van der Waals surface area contributed by atoms with E-state index in [2.05, 4.69) is 27.6 Å². The van der Waals surface area contributed by atoms with Crippen LogP contribution in [0.4, 0.5) is 0 Å². The molecule has 0 aliphatic carbocycles. The summed E-state index contributed by atoms with van der Waals surface area (Å²) in [6, 6.07) is 10.1. The van der Waals surface area contributed by atoms with E-state index in [1.54, 1.807) is 0 Å². The summed E-state index contributed by atoms with van der Waals surface area (Å²) in [7, 11) is 0. The molecule has 26 heavy (non-hydrogen) atoms. The van der Waals surface area contributed by atoms with Gasteiger partial charge in [0.25, 0.3) is 0 Å². The number of aromatic nitrogens is 2. The summed E-state index contributed by atoms with van der Waals surface area (Å²) >= 11 is 0. The summed E-state index contributed by atoms with van der Waals surface area (Å²) in [5.74, 6) is 0.839. The summed E-state index contributed by atoms with van der Waals surface area (Å²) in [5.41, 5.74) is 2.13. The molecule has 0 radical (unpaired) electrons. The van der Waals surface area contributed by atoms with Crippen LogP contribution in [0, 0.1) is 0 Å². The van der Waals surface area contributed by atoms with Crippen LogP contribution in [0.2, 0.25) is 0 Å². The molecule has 0 atom stereocenters. The van der Waals surface area contributed by atoms with Crippen molar-refractivity contribution >= 4 is 29.9 Å². The Morgan fingerprint density at radius 3 is 2.69 bits per heavy atom. The molecule has 7 heteroatoms. The molecule has 0 spiro atoms. The van der Waals surface area contributed by atoms with Gasteiger partial charge in [0.05, 0.1) is 18.4 Å². The number of aliphatic imine (C=N–C) groups is 1. The lowest BCUT2D eigenvalue weighted by molar-refractivity contribution is 0.143. The molecule has 0 bridgehead atoms. The second-order valence-corrected chi connectivity index (χ2v) is 5.65. The van der Waals surface area contributed by atoms with Gasteiger partial charge in [-0.15, -0.1) is 24.0 Å².